The maximum Gasteiger partial charge on any atom is 0.418 e. The molecule has 2 aromatic carbocycles. The summed E-state index contributed by atoms with van der Waals surface area (Å²) in [6.45, 7) is 2.62. The number of piperazine rings is 1. The van der Waals surface area contributed by atoms with E-state index in [4.69, 9.17) is 4.74 Å². The highest BCUT2D eigenvalue weighted by atomic mass is 19.4. The summed E-state index contributed by atoms with van der Waals surface area (Å²) in [5.41, 5.74) is -0.838. The number of hydrogen-bond acceptors (Lipinski definition) is 6. The van der Waals surface area contributed by atoms with Crippen molar-refractivity contribution in [3.8, 4) is 5.75 Å². The van der Waals surface area contributed by atoms with Gasteiger partial charge in [0.2, 0.25) is 5.91 Å². The number of carbonyl (C=O) groups excluding carboxylic acids is 2. The molecule has 34 heavy (non-hydrogen) atoms. The number of halogens is 3. The predicted molar refractivity (Wildman–Crippen MR) is 116 cm³/mol. The SMILES string of the molecule is Cc1cc(OCC(=O)N2CCN(CC(=O)Nc3ccccc3C(F)(F)F)CC2)ccc1[N+](=O)[O-]. The molecular weight excluding hydrogens is 457 g/mol. The number of alkyl halides is 3. The van der Waals surface area contributed by atoms with E-state index in [0.29, 0.717) is 37.5 Å². The minimum atomic E-state index is -4.58. The van der Waals surface area contributed by atoms with Crippen molar-refractivity contribution in [1.82, 2.24) is 9.80 Å². The van der Waals surface area contributed by atoms with Gasteiger partial charge in [-0.1, -0.05) is 12.1 Å². The number of amides is 2. The molecule has 2 amide bonds. The van der Waals surface area contributed by atoms with E-state index in [-0.39, 0.29) is 30.4 Å². The van der Waals surface area contributed by atoms with E-state index in [2.05, 4.69) is 5.32 Å². The number of nitro groups is 1. The van der Waals surface area contributed by atoms with Crippen LogP contribution in [0.1, 0.15) is 11.1 Å². The van der Waals surface area contributed by atoms with E-state index >= 15 is 0 Å². The van der Waals surface area contributed by atoms with E-state index < -0.39 is 22.6 Å². The van der Waals surface area contributed by atoms with Gasteiger partial charge in [-0.05, 0) is 31.2 Å². The maximum absolute atomic E-state index is 13.1. The minimum Gasteiger partial charge on any atom is -0.484 e. The second kappa shape index (κ2) is 10.5. The van der Waals surface area contributed by atoms with Crippen LogP contribution in [0.3, 0.4) is 0 Å². The van der Waals surface area contributed by atoms with Crippen molar-refractivity contribution in [3.63, 3.8) is 0 Å². The first-order valence-corrected chi connectivity index (χ1v) is 10.4. The Labute approximate surface area is 193 Å². The standard InChI is InChI=1S/C22H23F3N4O5/c1-15-12-16(6-7-19(15)29(32)33)34-14-21(31)28-10-8-27(9-11-28)13-20(30)26-18-5-3-2-4-17(18)22(23,24)25/h2-7,12H,8-11,13-14H2,1H3,(H,26,30). The van der Waals surface area contributed by atoms with Crippen LogP contribution in [0.15, 0.2) is 42.5 Å². The van der Waals surface area contributed by atoms with E-state index in [9.17, 15) is 32.9 Å². The van der Waals surface area contributed by atoms with Gasteiger partial charge in [-0.25, -0.2) is 0 Å². The third-order valence-electron chi connectivity index (χ3n) is 5.33. The highest BCUT2D eigenvalue weighted by Crippen LogP contribution is 2.34. The molecule has 182 valence electrons. The Morgan fingerprint density at radius 3 is 2.41 bits per heavy atom. The summed E-state index contributed by atoms with van der Waals surface area (Å²) in [6.07, 6.45) is -4.58. The van der Waals surface area contributed by atoms with Crippen molar-refractivity contribution < 1.29 is 32.4 Å². The lowest BCUT2D eigenvalue weighted by molar-refractivity contribution is -0.385. The Balaban J connectivity index is 1.45. The fraction of sp³-hybridized carbons (Fsp3) is 0.364. The van der Waals surface area contributed by atoms with Gasteiger partial charge in [-0.3, -0.25) is 24.6 Å². The summed E-state index contributed by atoms with van der Waals surface area (Å²) in [5, 5.41) is 13.2. The Bertz CT molecular complexity index is 1070. The zero-order chi connectivity index (χ0) is 24.9. The fourth-order valence-corrected chi connectivity index (χ4v) is 3.55. The fourth-order valence-electron chi connectivity index (χ4n) is 3.55. The van der Waals surface area contributed by atoms with E-state index in [1.807, 2.05) is 0 Å². The van der Waals surface area contributed by atoms with Gasteiger partial charge in [-0.15, -0.1) is 0 Å². The Morgan fingerprint density at radius 2 is 1.79 bits per heavy atom. The molecule has 0 aliphatic carbocycles. The van der Waals surface area contributed by atoms with E-state index in [1.54, 1.807) is 16.7 Å². The number of benzene rings is 2. The summed E-state index contributed by atoms with van der Waals surface area (Å²) in [6, 6.07) is 8.98. The van der Waals surface area contributed by atoms with Gasteiger partial charge >= 0.3 is 6.18 Å². The lowest BCUT2D eigenvalue weighted by atomic mass is 10.1. The molecule has 9 nitrogen and oxygen atoms in total. The number of nitrogens with zero attached hydrogens (tertiary/aromatic N) is 3. The zero-order valence-electron chi connectivity index (χ0n) is 18.3. The van der Waals surface area contributed by atoms with E-state index in [1.165, 1.54) is 36.4 Å². The molecule has 1 aliphatic heterocycles. The number of rotatable bonds is 7. The number of hydrogen-bond donors (Lipinski definition) is 1. The summed E-state index contributed by atoms with van der Waals surface area (Å²) in [7, 11) is 0. The molecule has 0 atom stereocenters. The van der Waals surface area contributed by atoms with Crippen molar-refractivity contribution in [2.75, 3.05) is 44.6 Å². The smallest absolute Gasteiger partial charge is 0.418 e. The average molecular weight is 480 g/mol. The zero-order valence-corrected chi connectivity index (χ0v) is 18.3. The first-order valence-electron chi connectivity index (χ1n) is 10.4. The van der Waals surface area contributed by atoms with Gasteiger partial charge < -0.3 is 15.0 Å². The van der Waals surface area contributed by atoms with Crippen LogP contribution in [0.25, 0.3) is 0 Å². The lowest BCUT2D eigenvalue weighted by Gasteiger charge is -2.34. The molecule has 0 saturated carbocycles. The van der Waals surface area contributed by atoms with Crippen LogP contribution in [0.5, 0.6) is 5.75 Å². The van der Waals surface area contributed by atoms with Crippen molar-refractivity contribution in [1.29, 1.82) is 0 Å². The molecule has 0 radical (unpaired) electrons. The highest BCUT2D eigenvalue weighted by Gasteiger charge is 2.33. The summed E-state index contributed by atoms with van der Waals surface area (Å²) >= 11 is 0. The van der Waals surface area contributed by atoms with Crippen molar-refractivity contribution in [2.24, 2.45) is 0 Å². The Morgan fingerprint density at radius 1 is 1.12 bits per heavy atom. The first-order chi connectivity index (χ1) is 16.0. The normalized spacial score (nSPS) is 14.5. The molecule has 0 spiro atoms. The number of carbonyl (C=O) groups is 2. The van der Waals surface area contributed by atoms with Gasteiger partial charge in [0.25, 0.3) is 11.6 Å². The lowest BCUT2D eigenvalue weighted by Crippen LogP contribution is -2.51. The molecule has 2 aromatic rings. The van der Waals surface area contributed by atoms with Crippen molar-refractivity contribution in [3.05, 3.63) is 63.7 Å². The maximum atomic E-state index is 13.1. The quantitative estimate of drug-likeness (QED) is 0.483. The summed E-state index contributed by atoms with van der Waals surface area (Å²) in [4.78, 5) is 38.4. The number of aryl methyl sites for hydroxylation is 1. The average Bonchev–Trinajstić information content (AvgIpc) is 2.77. The number of anilines is 1. The summed E-state index contributed by atoms with van der Waals surface area (Å²) < 4.78 is 44.7. The monoisotopic (exact) mass is 480 g/mol. The largest absolute Gasteiger partial charge is 0.484 e. The molecule has 1 fully saturated rings. The van der Waals surface area contributed by atoms with Gasteiger partial charge in [0.1, 0.15) is 5.75 Å². The van der Waals surface area contributed by atoms with Crippen LogP contribution in [0.4, 0.5) is 24.5 Å². The summed E-state index contributed by atoms with van der Waals surface area (Å²) in [5.74, 6) is -0.515. The van der Waals surface area contributed by atoms with Crippen LogP contribution in [-0.2, 0) is 15.8 Å². The van der Waals surface area contributed by atoms with Gasteiger partial charge in [0, 0.05) is 37.8 Å². The topological polar surface area (TPSA) is 105 Å². The van der Waals surface area contributed by atoms with Crippen molar-refractivity contribution in [2.45, 2.75) is 13.1 Å². The Hall–Kier alpha value is -3.67. The number of para-hydroxylation sites is 1. The molecule has 0 bridgehead atoms. The van der Waals surface area contributed by atoms with E-state index in [0.717, 1.165) is 6.07 Å². The second-order valence-electron chi connectivity index (χ2n) is 7.74. The molecule has 3 rings (SSSR count). The third-order valence-corrected chi connectivity index (χ3v) is 5.33. The second-order valence-corrected chi connectivity index (χ2v) is 7.74. The predicted octanol–water partition coefficient (Wildman–Crippen LogP) is 3.08. The highest BCUT2D eigenvalue weighted by molar-refractivity contribution is 5.93. The number of nitro benzene ring substituents is 1. The van der Waals surface area contributed by atoms with Crippen LogP contribution < -0.4 is 10.1 Å². The van der Waals surface area contributed by atoms with Crippen LogP contribution in [0, 0.1) is 17.0 Å². The molecular formula is C22H23F3N4O5. The molecule has 0 aromatic heterocycles. The minimum absolute atomic E-state index is 0.0410. The number of nitrogens with one attached hydrogen (secondary N) is 1. The third kappa shape index (κ3) is 6.44. The molecule has 1 heterocycles. The van der Waals surface area contributed by atoms with Gasteiger partial charge in [-0.2, -0.15) is 13.2 Å². The molecule has 1 N–H and O–H groups in total. The first kappa shape index (κ1) is 25.0. The number of ether oxygens (including phenoxy) is 1. The van der Waals surface area contributed by atoms with Crippen LogP contribution in [-0.4, -0.2) is 65.9 Å². The van der Waals surface area contributed by atoms with Gasteiger partial charge in [0.15, 0.2) is 6.61 Å². The Kier molecular flexibility index (Phi) is 7.72. The van der Waals surface area contributed by atoms with Crippen molar-refractivity contribution >= 4 is 23.2 Å². The molecule has 1 aliphatic rings. The van der Waals surface area contributed by atoms with Crippen LogP contribution >= 0.6 is 0 Å². The molecule has 1 saturated heterocycles. The van der Waals surface area contributed by atoms with Gasteiger partial charge in [0.05, 0.1) is 22.7 Å². The molecule has 0 unspecified atom stereocenters. The molecule has 12 heteroatoms. The van der Waals surface area contributed by atoms with Crippen LogP contribution in [0.2, 0.25) is 0 Å².